The molecule has 0 aliphatic rings. The Morgan fingerprint density at radius 2 is 1.83 bits per heavy atom. The number of anilines is 1. The monoisotopic (exact) mass is 329 g/mol. The van der Waals surface area contributed by atoms with Crippen LogP contribution in [0.4, 0.5) is 5.69 Å². The van der Waals surface area contributed by atoms with Crippen LogP contribution in [-0.2, 0) is 10.0 Å². The molecule has 0 aliphatic heterocycles. The zero-order valence-electron chi connectivity index (χ0n) is 13.1. The van der Waals surface area contributed by atoms with Gasteiger partial charge in [0.25, 0.3) is 10.0 Å². The summed E-state index contributed by atoms with van der Waals surface area (Å²) in [6.45, 7) is 5.50. The second-order valence-electron chi connectivity index (χ2n) is 4.90. The Kier molecular flexibility index (Phi) is 5.24. The first kappa shape index (κ1) is 16.8. The Bertz CT molecular complexity index is 822. The maximum atomic E-state index is 12.5. The fourth-order valence-corrected chi connectivity index (χ4v) is 3.20. The Morgan fingerprint density at radius 1 is 1.13 bits per heavy atom. The molecule has 4 nitrogen and oxygen atoms in total. The van der Waals surface area contributed by atoms with Gasteiger partial charge in [0.15, 0.2) is 0 Å². The molecule has 0 atom stereocenters. The average Bonchev–Trinajstić information content (AvgIpc) is 2.55. The lowest BCUT2D eigenvalue weighted by Gasteiger charge is -2.12. The smallest absolute Gasteiger partial charge is 0.261 e. The van der Waals surface area contributed by atoms with Crippen LogP contribution in [0.3, 0.4) is 0 Å². The molecule has 23 heavy (non-hydrogen) atoms. The molecule has 0 amide bonds. The number of rotatable bonds is 6. The molecule has 0 radical (unpaired) electrons. The minimum Gasteiger partial charge on any atom is -0.497 e. The molecule has 0 aromatic heterocycles. The van der Waals surface area contributed by atoms with Crippen molar-refractivity contribution in [2.45, 2.75) is 11.8 Å². The van der Waals surface area contributed by atoms with Gasteiger partial charge in [0.1, 0.15) is 5.75 Å². The first-order valence-corrected chi connectivity index (χ1v) is 8.52. The van der Waals surface area contributed by atoms with Crippen LogP contribution in [0, 0.1) is 6.92 Å². The van der Waals surface area contributed by atoms with E-state index in [2.05, 4.69) is 11.3 Å². The zero-order chi connectivity index (χ0) is 16.9. The Morgan fingerprint density at radius 3 is 2.43 bits per heavy atom. The van der Waals surface area contributed by atoms with Gasteiger partial charge >= 0.3 is 0 Å². The highest BCUT2D eigenvalue weighted by Crippen LogP contribution is 2.24. The molecule has 2 aromatic carbocycles. The van der Waals surface area contributed by atoms with Crippen LogP contribution >= 0.6 is 0 Å². The molecular formula is C18H19NO3S. The predicted octanol–water partition coefficient (Wildman–Crippen LogP) is 4.00. The lowest BCUT2D eigenvalue weighted by Crippen LogP contribution is -2.14. The van der Waals surface area contributed by atoms with Crippen molar-refractivity contribution in [3.8, 4) is 5.75 Å². The third kappa shape index (κ3) is 4.02. The first-order chi connectivity index (χ1) is 11.0. The highest BCUT2D eigenvalue weighted by atomic mass is 32.2. The van der Waals surface area contributed by atoms with E-state index in [0.29, 0.717) is 11.4 Å². The molecule has 5 heteroatoms. The average molecular weight is 329 g/mol. The SMILES string of the molecule is C=CC=Cc1cccc(NS(=O)(=O)c2ccc(OC)cc2)c1C. The fraction of sp³-hybridized carbons (Fsp3) is 0.111. The van der Waals surface area contributed by atoms with Crippen molar-refractivity contribution in [2.24, 2.45) is 0 Å². The third-order valence-electron chi connectivity index (χ3n) is 3.40. The molecule has 0 aliphatic carbocycles. The van der Waals surface area contributed by atoms with Crippen LogP contribution in [0.5, 0.6) is 5.75 Å². The standard InChI is InChI=1S/C18H19NO3S/c1-4-5-7-15-8-6-9-18(14(15)2)19-23(20,21)17-12-10-16(22-3)11-13-17/h4-13,19H,1H2,2-3H3. The third-order valence-corrected chi connectivity index (χ3v) is 4.78. The van der Waals surface area contributed by atoms with Crippen molar-refractivity contribution in [3.05, 3.63) is 72.3 Å². The van der Waals surface area contributed by atoms with Crippen LogP contribution < -0.4 is 9.46 Å². The van der Waals surface area contributed by atoms with Crippen molar-refractivity contribution in [2.75, 3.05) is 11.8 Å². The Labute approximate surface area is 137 Å². The summed E-state index contributed by atoms with van der Waals surface area (Å²) in [5, 5.41) is 0. The summed E-state index contributed by atoms with van der Waals surface area (Å²) in [5.74, 6) is 0.608. The van der Waals surface area contributed by atoms with Gasteiger partial charge in [0.2, 0.25) is 0 Å². The summed E-state index contributed by atoms with van der Waals surface area (Å²) < 4.78 is 32.7. The highest BCUT2D eigenvalue weighted by Gasteiger charge is 2.15. The summed E-state index contributed by atoms with van der Waals surface area (Å²) >= 11 is 0. The van der Waals surface area contributed by atoms with Gasteiger partial charge in [-0.2, -0.15) is 0 Å². The number of nitrogens with one attached hydrogen (secondary N) is 1. The lowest BCUT2D eigenvalue weighted by atomic mass is 10.1. The van der Waals surface area contributed by atoms with Gasteiger partial charge in [-0.1, -0.05) is 36.9 Å². The van der Waals surface area contributed by atoms with Gasteiger partial charge in [-0.25, -0.2) is 8.42 Å². The molecule has 2 rings (SSSR count). The van der Waals surface area contributed by atoms with E-state index >= 15 is 0 Å². The molecule has 0 saturated carbocycles. The lowest BCUT2D eigenvalue weighted by molar-refractivity contribution is 0.414. The second kappa shape index (κ2) is 7.15. The minimum atomic E-state index is -3.65. The highest BCUT2D eigenvalue weighted by molar-refractivity contribution is 7.92. The molecule has 0 heterocycles. The Hall–Kier alpha value is -2.53. The molecular weight excluding hydrogens is 310 g/mol. The summed E-state index contributed by atoms with van der Waals surface area (Å²) in [6, 6.07) is 11.7. The van der Waals surface area contributed by atoms with Crippen LogP contribution in [0.2, 0.25) is 0 Å². The van der Waals surface area contributed by atoms with Crippen LogP contribution in [0.1, 0.15) is 11.1 Å². The van der Waals surface area contributed by atoms with Crippen LogP contribution in [-0.4, -0.2) is 15.5 Å². The molecule has 0 fully saturated rings. The number of allylic oxidation sites excluding steroid dienone is 2. The molecule has 120 valence electrons. The second-order valence-corrected chi connectivity index (χ2v) is 6.58. The van der Waals surface area contributed by atoms with E-state index in [1.54, 1.807) is 24.3 Å². The number of benzene rings is 2. The van der Waals surface area contributed by atoms with Crippen LogP contribution in [0.15, 0.2) is 66.1 Å². The molecule has 0 saturated heterocycles. The predicted molar refractivity (Wildman–Crippen MR) is 94.2 cm³/mol. The number of hydrogen-bond donors (Lipinski definition) is 1. The summed E-state index contributed by atoms with van der Waals surface area (Å²) in [4.78, 5) is 0.185. The summed E-state index contributed by atoms with van der Waals surface area (Å²) in [5.41, 5.74) is 2.33. The van der Waals surface area contributed by atoms with Gasteiger partial charge in [0.05, 0.1) is 17.7 Å². The molecule has 2 aromatic rings. The number of methoxy groups -OCH3 is 1. The van der Waals surface area contributed by atoms with E-state index in [0.717, 1.165) is 11.1 Å². The van der Waals surface area contributed by atoms with Crippen LogP contribution in [0.25, 0.3) is 6.08 Å². The quantitative estimate of drug-likeness (QED) is 0.815. The van der Waals surface area contributed by atoms with E-state index in [-0.39, 0.29) is 4.90 Å². The molecule has 0 unspecified atom stereocenters. The maximum Gasteiger partial charge on any atom is 0.261 e. The first-order valence-electron chi connectivity index (χ1n) is 7.03. The van der Waals surface area contributed by atoms with Gasteiger partial charge in [-0.15, -0.1) is 0 Å². The van der Waals surface area contributed by atoms with E-state index in [4.69, 9.17) is 4.74 Å². The van der Waals surface area contributed by atoms with Crippen molar-refractivity contribution in [1.82, 2.24) is 0 Å². The normalized spacial score (nSPS) is 11.4. The molecule has 0 spiro atoms. The van der Waals surface area contributed by atoms with Gasteiger partial charge in [0, 0.05) is 0 Å². The van der Waals surface area contributed by atoms with E-state index in [1.807, 2.05) is 31.2 Å². The summed E-state index contributed by atoms with van der Waals surface area (Å²) in [6.07, 6.45) is 5.37. The van der Waals surface area contributed by atoms with E-state index in [9.17, 15) is 8.42 Å². The number of sulfonamides is 1. The minimum absolute atomic E-state index is 0.185. The topological polar surface area (TPSA) is 55.4 Å². The number of hydrogen-bond acceptors (Lipinski definition) is 3. The maximum absolute atomic E-state index is 12.5. The van der Waals surface area contributed by atoms with Gasteiger partial charge < -0.3 is 4.74 Å². The summed E-state index contributed by atoms with van der Waals surface area (Å²) in [7, 11) is -2.11. The van der Waals surface area contributed by atoms with Crippen molar-refractivity contribution < 1.29 is 13.2 Å². The van der Waals surface area contributed by atoms with Crippen molar-refractivity contribution >= 4 is 21.8 Å². The van der Waals surface area contributed by atoms with Gasteiger partial charge in [-0.05, 0) is 48.4 Å². The van der Waals surface area contributed by atoms with Crippen molar-refractivity contribution in [1.29, 1.82) is 0 Å². The molecule has 1 N–H and O–H groups in total. The zero-order valence-corrected chi connectivity index (χ0v) is 13.9. The largest absolute Gasteiger partial charge is 0.497 e. The molecule has 0 bridgehead atoms. The number of ether oxygens (including phenoxy) is 1. The van der Waals surface area contributed by atoms with E-state index < -0.39 is 10.0 Å². The fourth-order valence-electron chi connectivity index (χ4n) is 2.07. The van der Waals surface area contributed by atoms with E-state index in [1.165, 1.54) is 19.2 Å². The van der Waals surface area contributed by atoms with Gasteiger partial charge in [-0.3, -0.25) is 4.72 Å². The van der Waals surface area contributed by atoms with Crippen molar-refractivity contribution in [3.63, 3.8) is 0 Å². The Balaban J connectivity index is 2.33.